The van der Waals surface area contributed by atoms with Crippen LogP contribution in [0.5, 0.6) is 17.2 Å². The molecule has 0 fully saturated rings. The molecule has 7 nitrogen and oxygen atoms in total. The molecule has 0 aliphatic carbocycles. The fourth-order valence-corrected chi connectivity index (χ4v) is 3.53. The second kappa shape index (κ2) is 11.2. The fourth-order valence-electron chi connectivity index (χ4n) is 3.30. The van der Waals surface area contributed by atoms with E-state index in [-0.39, 0.29) is 35.4 Å². The van der Waals surface area contributed by atoms with Gasteiger partial charge >= 0.3 is 5.97 Å². The Morgan fingerprint density at radius 2 is 1.70 bits per heavy atom. The maximum atomic E-state index is 13.2. The lowest BCUT2D eigenvalue weighted by Gasteiger charge is -2.24. The highest BCUT2D eigenvalue weighted by molar-refractivity contribution is 6.32. The average Bonchev–Trinajstić information content (AvgIpc) is 2.83. The zero-order valence-corrected chi connectivity index (χ0v) is 19.0. The molecule has 3 aromatic carbocycles. The first-order valence-corrected chi connectivity index (χ1v) is 10.5. The number of aromatic carboxylic acids is 1. The van der Waals surface area contributed by atoms with Crippen molar-refractivity contribution in [1.29, 1.82) is 0 Å². The molecule has 172 valence electrons. The summed E-state index contributed by atoms with van der Waals surface area (Å²) in [5.74, 6) is -0.334. The Bertz CT molecular complexity index is 1120. The third-order valence-electron chi connectivity index (χ3n) is 4.96. The van der Waals surface area contributed by atoms with Crippen molar-refractivity contribution in [3.63, 3.8) is 0 Å². The Labute approximate surface area is 197 Å². The lowest BCUT2D eigenvalue weighted by Crippen LogP contribution is -2.34. The van der Waals surface area contributed by atoms with Crippen molar-refractivity contribution >= 4 is 23.5 Å². The van der Waals surface area contributed by atoms with Crippen LogP contribution in [0, 0.1) is 0 Å². The van der Waals surface area contributed by atoms with E-state index in [0.29, 0.717) is 18.0 Å². The highest BCUT2D eigenvalue weighted by Gasteiger charge is 2.21. The van der Waals surface area contributed by atoms with Crippen LogP contribution in [0.2, 0.25) is 5.02 Å². The molecule has 0 atom stereocenters. The minimum absolute atomic E-state index is 0.0429. The molecular weight excluding hydrogens is 446 g/mol. The molecule has 1 N–H and O–H groups in total. The molecule has 3 rings (SSSR count). The van der Waals surface area contributed by atoms with Gasteiger partial charge in [0.05, 0.1) is 19.2 Å². The Kier molecular flexibility index (Phi) is 8.16. The number of benzene rings is 3. The number of hydrogen-bond donors (Lipinski definition) is 1. The quantitative estimate of drug-likeness (QED) is 0.464. The Morgan fingerprint density at radius 1 is 0.939 bits per heavy atom. The lowest BCUT2D eigenvalue weighted by atomic mass is 10.1. The number of methoxy groups -OCH3 is 2. The van der Waals surface area contributed by atoms with Crippen LogP contribution in [0.1, 0.15) is 21.5 Å². The number of carboxylic acid groups (broad SMARTS) is 1. The van der Waals surface area contributed by atoms with Crippen LogP contribution < -0.4 is 14.2 Å². The van der Waals surface area contributed by atoms with E-state index >= 15 is 0 Å². The van der Waals surface area contributed by atoms with Gasteiger partial charge in [-0.25, -0.2) is 4.79 Å². The van der Waals surface area contributed by atoms with Gasteiger partial charge < -0.3 is 24.2 Å². The number of ether oxygens (including phenoxy) is 3. The van der Waals surface area contributed by atoms with Crippen LogP contribution in [-0.4, -0.2) is 42.7 Å². The maximum absolute atomic E-state index is 13.2. The summed E-state index contributed by atoms with van der Waals surface area (Å²) in [7, 11) is 3.12. The molecule has 0 aliphatic heterocycles. The van der Waals surface area contributed by atoms with E-state index < -0.39 is 5.97 Å². The third kappa shape index (κ3) is 6.17. The number of nitrogens with zero attached hydrogens (tertiary/aromatic N) is 1. The second-order valence-electron chi connectivity index (χ2n) is 7.12. The van der Waals surface area contributed by atoms with E-state index in [0.717, 1.165) is 11.1 Å². The molecule has 0 aromatic heterocycles. The maximum Gasteiger partial charge on any atom is 0.339 e. The van der Waals surface area contributed by atoms with Gasteiger partial charge in [0.15, 0.2) is 12.4 Å². The molecule has 0 saturated heterocycles. The second-order valence-corrected chi connectivity index (χ2v) is 7.53. The van der Waals surface area contributed by atoms with Crippen LogP contribution in [0.3, 0.4) is 0 Å². The first-order chi connectivity index (χ1) is 15.9. The number of para-hydroxylation sites is 1. The molecule has 0 aliphatic rings. The van der Waals surface area contributed by atoms with Gasteiger partial charge in [0.25, 0.3) is 5.91 Å². The topological polar surface area (TPSA) is 85.3 Å². The normalized spacial score (nSPS) is 10.4. The minimum Gasteiger partial charge on any atom is -0.497 e. The smallest absolute Gasteiger partial charge is 0.339 e. The summed E-state index contributed by atoms with van der Waals surface area (Å²) in [5.41, 5.74) is 1.57. The molecule has 0 unspecified atom stereocenters. The number of carbonyl (C=O) groups excluding carboxylic acids is 1. The third-order valence-corrected chi connectivity index (χ3v) is 5.25. The van der Waals surface area contributed by atoms with E-state index in [2.05, 4.69) is 0 Å². The van der Waals surface area contributed by atoms with E-state index in [4.69, 9.17) is 25.8 Å². The molecular formula is C25H24ClNO6. The summed E-state index contributed by atoms with van der Waals surface area (Å²) < 4.78 is 16.4. The minimum atomic E-state index is -1.19. The van der Waals surface area contributed by atoms with Gasteiger partial charge in [-0.05, 0) is 35.9 Å². The number of carbonyl (C=O) groups is 2. The van der Waals surface area contributed by atoms with Gasteiger partial charge in [-0.1, -0.05) is 48.0 Å². The Balaban J connectivity index is 1.86. The monoisotopic (exact) mass is 469 g/mol. The molecule has 0 spiro atoms. The SMILES string of the molecule is COc1ccc(OC)c(CN(Cc2ccccc2)C(=O)COc2c(Cl)cccc2C(=O)O)c1. The summed E-state index contributed by atoms with van der Waals surface area (Å²) in [6.45, 7) is 0.159. The number of carboxylic acids is 1. The van der Waals surface area contributed by atoms with Crippen LogP contribution in [0.25, 0.3) is 0 Å². The predicted molar refractivity (Wildman–Crippen MR) is 124 cm³/mol. The van der Waals surface area contributed by atoms with Crippen molar-refractivity contribution in [3.8, 4) is 17.2 Å². The predicted octanol–water partition coefficient (Wildman–Crippen LogP) is 4.66. The molecule has 0 radical (unpaired) electrons. The van der Waals surface area contributed by atoms with Gasteiger partial charge in [-0.3, -0.25) is 4.79 Å². The van der Waals surface area contributed by atoms with Gasteiger partial charge in [0.2, 0.25) is 0 Å². The Hall–Kier alpha value is -3.71. The average molecular weight is 470 g/mol. The van der Waals surface area contributed by atoms with E-state index in [1.165, 1.54) is 18.2 Å². The van der Waals surface area contributed by atoms with Gasteiger partial charge in [0.1, 0.15) is 17.1 Å². The zero-order valence-electron chi connectivity index (χ0n) is 18.3. The van der Waals surface area contributed by atoms with Crippen molar-refractivity contribution in [2.24, 2.45) is 0 Å². The number of halogens is 1. The summed E-state index contributed by atoms with van der Waals surface area (Å²) in [6, 6.07) is 19.3. The van der Waals surface area contributed by atoms with Gasteiger partial charge in [-0.2, -0.15) is 0 Å². The van der Waals surface area contributed by atoms with Crippen molar-refractivity contribution in [2.45, 2.75) is 13.1 Å². The summed E-state index contributed by atoms with van der Waals surface area (Å²) in [6.07, 6.45) is 0. The van der Waals surface area contributed by atoms with Gasteiger partial charge in [0, 0.05) is 18.7 Å². The summed E-state index contributed by atoms with van der Waals surface area (Å²) >= 11 is 6.13. The summed E-state index contributed by atoms with van der Waals surface area (Å²) in [4.78, 5) is 26.3. The van der Waals surface area contributed by atoms with Crippen LogP contribution in [0.15, 0.2) is 66.7 Å². The number of amides is 1. The van der Waals surface area contributed by atoms with Crippen LogP contribution >= 0.6 is 11.6 Å². The first kappa shape index (κ1) is 23.9. The number of hydrogen-bond acceptors (Lipinski definition) is 5. The van der Waals surface area contributed by atoms with Crippen LogP contribution in [-0.2, 0) is 17.9 Å². The Morgan fingerprint density at radius 3 is 2.36 bits per heavy atom. The van der Waals surface area contributed by atoms with Crippen molar-refractivity contribution < 1.29 is 28.9 Å². The highest BCUT2D eigenvalue weighted by atomic mass is 35.5. The van der Waals surface area contributed by atoms with E-state index in [9.17, 15) is 14.7 Å². The largest absolute Gasteiger partial charge is 0.497 e. The van der Waals surface area contributed by atoms with Crippen molar-refractivity contribution in [3.05, 3.63) is 88.4 Å². The van der Waals surface area contributed by atoms with E-state index in [1.807, 2.05) is 36.4 Å². The molecule has 0 heterocycles. The lowest BCUT2D eigenvalue weighted by molar-refractivity contribution is -0.134. The highest BCUT2D eigenvalue weighted by Crippen LogP contribution is 2.29. The first-order valence-electron chi connectivity index (χ1n) is 10.1. The molecule has 0 bridgehead atoms. The van der Waals surface area contributed by atoms with Gasteiger partial charge in [-0.15, -0.1) is 0 Å². The zero-order chi connectivity index (χ0) is 23.8. The molecule has 0 saturated carbocycles. The molecule has 3 aromatic rings. The molecule has 33 heavy (non-hydrogen) atoms. The number of rotatable bonds is 10. The molecule has 8 heteroatoms. The van der Waals surface area contributed by atoms with Crippen molar-refractivity contribution in [2.75, 3.05) is 20.8 Å². The molecule has 1 amide bonds. The summed E-state index contributed by atoms with van der Waals surface area (Å²) in [5, 5.41) is 9.52. The van der Waals surface area contributed by atoms with E-state index in [1.54, 1.807) is 31.3 Å². The fraction of sp³-hybridized carbons (Fsp3) is 0.200. The van der Waals surface area contributed by atoms with Crippen molar-refractivity contribution in [1.82, 2.24) is 4.90 Å². The standard InChI is InChI=1S/C25H24ClNO6/c1-31-19-11-12-22(32-2)18(13-19)15-27(14-17-7-4-3-5-8-17)23(28)16-33-24-20(25(29)30)9-6-10-21(24)26/h3-13H,14-16H2,1-2H3,(H,29,30). The van der Waals surface area contributed by atoms with Crippen LogP contribution in [0.4, 0.5) is 0 Å².